The lowest BCUT2D eigenvalue weighted by molar-refractivity contribution is 0.382. The smallest absolute Gasteiger partial charge is 0.243 e. The van der Waals surface area contributed by atoms with E-state index in [9.17, 15) is 8.42 Å². The van der Waals surface area contributed by atoms with E-state index in [1.165, 1.54) is 9.87 Å². The van der Waals surface area contributed by atoms with Crippen LogP contribution in [0.3, 0.4) is 0 Å². The lowest BCUT2D eigenvalue weighted by Gasteiger charge is -2.34. The predicted molar refractivity (Wildman–Crippen MR) is 129 cm³/mol. The number of anilines is 1. The number of sulfonamides is 1. The highest BCUT2D eigenvalue weighted by molar-refractivity contribution is 7.89. The molecular weight excluding hydrogens is 444 g/mol. The predicted octanol–water partition coefficient (Wildman–Crippen LogP) is 4.61. The van der Waals surface area contributed by atoms with Gasteiger partial charge in [-0.2, -0.15) is 4.31 Å². The SMILES string of the molecule is CC(C)(C)c1ccc(-c2ccnc(N3CCN(S(=O)(=O)c4ccc(Cl)cc4)CC3)n2)cc1. The summed E-state index contributed by atoms with van der Waals surface area (Å²) >= 11 is 5.89. The lowest BCUT2D eigenvalue weighted by atomic mass is 9.86. The first-order valence-corrected chi connectivity index (χ1v) is 12.4. The Balaban J connectivity index is 1.47. The molecule has 0 amide bonds. The summed E-state index contributed by atoms with van der Waals surface area (Å²) in [6.07, 6.45) is 1.76. The third kappa shape index (κ3) is 4.80. The highest BCUT2D eigenvalue weighted by atomic mass is 35.5. The van der Waals surface area contributed by atoms with Gasteiger partial charge in [-0.15, -0.1) is 0 Å². The molecule has 0 N–H and O–H groups in total. The van der Waals surface area contributed by atoms with Gasteiger partial charge in [-0.1, -0.05) is 56.6 Å². The number of benzene rings is 2. The molecule has 4 rings (SSSR count). The van der Waals surface area contributed by atoms with Gasteiger partial charge in [0.15, 0.2) is 0 Å². The fourth-order valence-electron chi connectivity index (χ4n) is 3.69. The molecule has 1 aliphatic rings. The summed E-state index contributed by atoms with van der Waals surface area (Å²) in [5.41, 5.74) is 3.26. The summed E-state index contributed by atoms with van der Waals surface area (Å²) in [7, 11) is -3.54. The average molecular weight is 471 g/mol. The summed E-state index contributed by atoms with van der Waals surface area (Å²) in [6, 6.07) is 16.6. The number of hydrogen-bond donors (Lipinski definition) is 0. The van der Waals surface area contributed by atoms with Gasteiger partial charge in [-0.25, -0.2) is 18.4 Å². The summed E-state index contributed by atoms with van der Waals surface area (Å²) < 4.78 is 27.3. The van der Waals surface area contributed by atoms with Crippen LogP contribution in [0.1, 0.15) is 26.3 Å². The second-order valence-corrected chi connectivity index (χ2v) is 11.3. The lowest BCUT2D eigenvalue weighted by Crippen LogP contribution is -2.49. The van der Waals surface area contributed by atoms with Crippen molar-refractivity contribution in [3.8, 4) is 11.3 Å². The van der Waals surface area contributed by atoms with Crippen LogP contribution in [0.5, 0.6) is 0 Å². The Bertz CT molecular complexity index is 1180. The van der Waals surface area contributed by atoms with Crippen molar-refractivity contribution >= 4 is 27.6 Å². The molecule has 0 radical (unpaired) electrons. The fraction of sp³-hybridized carbons (Fsp3) is 0.333. The maximum absolute atomic E-state index is 12.9. The van der Waals surface area contributed by atoms with Gasteiger partial charge in [-0.3, -0.25) is 0 Å². The normalized spacial score (nSPS) is 15.7. The van der Waals surface area contributed by atoms with Crippen molar-refractivity contribution in [3.05, 3.63) is 71.4 Å². The van der Waals surface area contributed by atoms with Crippen LogP contribution in [-0.2, 0) is 15.4 Å². The number of nitrogens with zero attached hydrogens (tertiary/aromatic N) is 4. The number of rotatable bonds is 4. The molecular formula is C24H27ClN4O2S. The molecule has 8 heteroatoms. The number of hydrogen-bond acceptors (Lipinski definition) is 5. The molecule has 2 aromatic carbocycles. The summed E-state index contributed by atoms with van der Waals surface area (Å²) in [4.78, 5) is 11.5. The summed E-state index contributed by atoms with van der Waals surface area (Å²) in [5.74, 6) is 0.617. The van der Waals surface area contributed by atoms with E-state index in [1.54, 1.807) is 30.5 Å². The van der Waals surface area contributed by atoms with Gasteiger partial charge < -0.3 is 4.90 Å². The van der Waals surface area contributed by atoms with E-state index in [-0.39, 0.29) is 10.3 Å². The Kier molecular flexibility index (Phi) is 6.25. The Morgan fingerprint density at radius 1 is 0.875 bits per heavy atom. The number of piperazine rings is 1. The van der Waals surface area contributed by atoms with Gasteiger partial charge >= 0.3 is 0 Å². The van der Waals surface area contributed by atoms with Crippen LogP contribution in [0.4, 0.5) is 5.95 Å². The molecule has 32 heavy (non-hydrogen) atoms. The van der Waals surface area contributed by atoms with Crippen molar-refractivity contribution in [1.82, 2.24) is 14.3 Å². The van der Waals surface area contributed by atoms with Crippen molar-refractivity contribution in [3.63, 3.8) is 0 Å². The minimum absolute atomic E-state index is 0.0986. The van der Waals surface area contributed by atoms with Crippen molar-refractivity contribution in [1.29, 1.82) is 0 Å². The molecule has 0 saturated carbocycles. The quantitative estimate of drug-likeness (QED) is 0.557. The van der Waals surface area contributed by atoms with Crippen LogP contribution >= 0.6 is 11.6 Å². The first-order valence-electron chi connectivity index (χ1n) is 10.6. The molecule has 1 fully saturated rings. The monoisotopic (exact) mass is 470 g/mol. The highest BCUT2D eigenvalue weighted by Gasteiger charge is 2.29. The van der Waals surface area contributed by atoms with Gasteiger partial charge in [0.25, 0.3) is 0 Å². The van der Waals surface area contributed by atoms with Gasteiger partial charge in [0, 0.05) is 43.0 Å². The standard InChI is InChI=1S/C24H27ClN4O2S/c1-24(2,3)19-6-4-18(5-7-19)22-12-13-26-23(27-22)28-14-16-29(17-15-28)32(30,31)21-10-8-20(25)9-11-21/h4-13H,14-17H2,1-3H3. The second kappa shape index (κ2) is 8.81. The average Bonchev–Trinajstić information content (AvgIpc) is 2.79. The van der Waals surface area contributed by atoms with E-state index in [4.69, 9.17) is 16.6 Å². The Labute approximate surface area is 194 Å². The van der Waals surface area contributed by atoms with Crippen LogP contribution in [0.15, 0.2) is 65.7 Å². The molecule has 3 aromatic rings. The van der Waals surface area contributed by atoms with Crippen LogP contribution < -0.4 is 4.90 Å². The first kappa shape index (κ1) is 22.7. The molecule has 0 aliphatic carbocycles. The zero-order chi connectivity index (χ0) is 22.9. The van der Waals surface area contributed by atoms with Crippen LogP contribution in [0.25, 0.3) is 11.3 Å². The molecule has 0 spiro atoms. The van der Waals surface area contributed by atoms with Crippen molar-refractivity contribution in [2.45, 2.75) is 31.1 Å². The fourth-order valence-corrected chi connectivity index (χ4v) is 5.23. The van der Waals surface area contributed by atoms with Gasteiger partial charge in [0.2, 0.25) is 16.0 Å². The zero-order valence-electron chi connectivity index (χ0n) is 18.5. The largest absolute Gasteiger partial charge is 0.338 e. The van der Waals surface area contributed by atoms with Crippen LogP contribution in [-0.4, -0.2) is 48.9 Å². The van der Waals surface area contributed by atoms with Gasteiger partial charge in [0.1, 0.15) is 0 Å². The zero-order valence-corrected chi connectivity index (χ0v) is 20.1. The van der Waals surface area contributed by atoms with E-state index in [2.05, 4.69) is 50.0 Å². The molecule has 0 atom stereocenters. The highest BCUT2D eigenvalue weighted by Crippen LogP contribution is 2.26. The third-order valence-electron chi connectivity index (χ3n) is 5.66. The van der Waals surface area contributed by atoms with Gasteiger partial charge in [-0.05, 0) is 41.3 Å². The van der Waals surface area contributed by atoms with E-state index in [1.807, 2.05) is 11.0 Å². The maximum Gasteiger partial charge on any atom is 0.243 e. The minimum Gasteiger partial charge on any atom is -0.338 e. The molecule has 168 valence electrons. The van der Waals surface area contributed by atoms with E-state index in [0.29, 0.717) is 37.1 Å². The molecule has 2 heterocycles. The minimum atomic E-state index is -3.54. The van der Waals surface area contributed by atoms with Gasteiger partial charge in [0.05, 0.1) is 10.6 Å². The molecule has 6 nitrogen and oxygen atoms in total. The first-order chi connectivity index (χ1) is 15.1. The van der Waals surface area contributed by atoms with E-state index in [0.717, 1.165) is 11.3 Å². The van der Waals surface area contributed by atoms with E-state index < -0.39 is 10.0 Å². The molecule has 0 bridgehead atoms. The molecule has 1 aromatic heterocycles. The number of halogens is 1. The maximum atomic E-state index is 12.9. The Morgan fingerprint density at radius 3 is 2.09 bits per heavy atom. The summed E-state index contributed by atoms with van der Waals surface area (Å²) in [6.45, 7) is 8.38. The van der Waals surface area contributed by atoms with Crippen LogP contribution in [0.2, 0.25) is 5.02 Å². The Hall–Kier alpha value is -2.48. The summed E-state index contributed by atoms with van der Waals surface area (Å²) in [5, 5.41) is 0.513. The Morgan fingerprint density at radius 2 is 1.50 bits per heavy atom. The molecule has 0 unspecified atom stereocenters. The van der Waals surface area contributed by atoms with E-state index >= 15 is 0 Å². The third-order valence-corrected chi connectivity index (χ3v) is 7.83. The molecule has 1 saturated heterocycles. The van der Waals surface area contributed by atoms with Crippen molar-refractivity contribution < 1.29 is 8.42 Å². The van der Waals surface area contributed by atoms with Crippen molar-refractivity contribution in [2.75, 3.05) is 31.1 Å². The number of aromatic nitrogens is 2. The second-order valence-electron chi connectivity index (χ2n) is 8.91. The molecule has 1 aliphatic heterocycles. The van der Waals surface area contributed by atoms with Crippen molar-refractivity contribution in [2.24, 2.45) is 0 Å². The van der Waals surface area contributed by atoms with Crippen LogP contribution in [0, 0.1) is 0 Å². The topological polar surface area (TPSA) is 66.4 Å².